The van der Waals surface area contributed by atoms with Crippen LogP contribution >= 0.6 is 11.6 Å². The Kier molecular flexibility index (Phi) is 4.70. The molecule has 0 N–H and O–H groups in total. The summed E-state index contributed by atoms with van der Waals surface area (Å²) in [6.07, 6.45) is 1.73. The summed E-state index contributed by atoms with van der Waals surface area (Å²) in [6.45, 7) is 1.54. The van der Waals surface area contributed by atoms with Gasteiger partial charge in [0.2, 0.25) is 5.88 Å². The van der Waals surface area contributed by atoms with E-state index in [1.165, 1.54) is 0 Å². The van der Waals surface area contributed by atoms with E-state index in [9.17, 15) is 0 Å². The summed E-state index contributed by atoms with van der Waals surface area (Å²) in [5.41, 5.74) is 1.01. The van der Waals surface area contributed by atoms with Crippen LogP contribution < -0.4 is 4.74 Å². The molecule has 0 spiro atoms. The molecule has 0 aliphatic heterocycles. The predicted molar refractivity (Wildman–Crippen MR) is 57.8 cm³/mol. The van der Waals surface area contributed by atoms with Gasteiger partial charge in [0.05, 0.1) is 0 Å². The number of hydrogen-bond donors (Lipinski definition) is 0. The molecule has 0 aromatic carbocycles. The van der Waals surface area contributed by atoms with Crippen molar-refractivity contribution in [1.82, 2.24) is 9.88 Å². The van der Waals surface area contributed by atoms with Gasteiger partial charge in [-0.05, 0) is 19.7 Å². The molecule has 1 aromatic rings. The average Bonchev–Trinajstić information content (AvgIpc) is 2.18. The number of nitrogens with zero attached hydrogens (tertiary/aromatic N) is 2. The van der Waals surface area contributed by atoms with Gasteiger partial charge in [-0.25, -0.2) is 4.98 Å². The van der Waals surface area contributed by atoms with Crippen LogP contribution in [0.25, 0.3) is 0 Å². The molecular formula is C10H15ClN2O. The van der Waals surface area contributed by atoms with Gasteiger partial charge in [0.1, 0.15) is 6.61 Å². The van der Waals surface area contributed by atoms with Gasteiger partial charge in [0.15, 0.2) is 0 Å². The lowest BCUT2D eigenvalue weighted by molar-refractivity contribution is 0.254. The quantitative estimate of drug-likeness (QED) is 0.699. The van der Waals surface area contributed by atoms with Crippen molar-refractivity contribution in [3.63, 3.8) is 0 Å². The van der Waals surface area contributed by atoms with Crippen LogP contribution in [0.2, 0.25) is 0 Å². The highest BCUT2D eigenvalue weighted by molar-refractivity contribution is 6.17. The van der Waals surface area contributed by atoms with E-state index in [2.05, 4.69) is 9.88 Å². The van der Waals surface area contributed by atoms with Crippen molar-refractivity contribution in [3.05, 3.63) is 23.9 Å². The molecule has 0 aliphatic rings. The molecule has 4 heteroatoms. The van der Waals surface area contributed by atoms with E-state index in [1.807, 2.05) is 26.2 Å². The number of ether oxygens (including phenoxy) is 1. The highest BCUT2D eigenvalue weighted by Crippen LogP contribution is 2.08. The summed E-state index contributed by atoms with van der Waals surface area (Å²) >= 11 is 5.64. The lowest BCUT2D eigenvalue weighted by atomic mass is 10.3. The van der Waals surface area contributed by atoms with Crippen LogP contribution in [0.4, 0.5) is 0 Å². The van der Waals surface area contributed by atoms with Crippen LogP contribution in [0.3, 0.4) is 0 Å². The molecule has 0 unspecified atom stereocenters. The first-order chi connectivity index (χ1) is 6.72. The number of rotatable bonds is 5. The van der Waals surface area contributed by atoms with Crippen LogP contribution in [-0.2, 0) is 5.88 Å². The molecule has 1 heterocycles. The van der Waals surface area contributed by atoms with Crippen molar-refractivity contribution in [3.8, 4) is 5.88 Å². The second kappa shape index (κ2) is 5.83. The third kappa shape index (κ3) is 3.94. The predicted octanol–water partition coefficient (Wildman–Crippen LogP) is 1.76. The van der Waals surface area contributed by atoms with E-state index in [4.69, 9.17) is 16.3 Å². The minimum Gasteiger partial charge on any atom is -0.476 e. The molecule has 0 saturated heterocycles. The van der Waals surface area contributed by atoms with Crippen LogP contribution in [0.15, 0.2) is 18.3 Å². The number of pyridine rings is 1. The third-order valence-electron chi connectivity index (χ3n) is 1.74. The first kappa shape index (κ1) is 11.3. The summed E-state index contributed by atoms with van der Waals surface area (Å²) in [7, 11) is 4.01. The van der Waals surface area contributed by atoms with Crippen molar-refractivity contribution in [2.45, 2.75) is 5.88 Å². The van der Waals surface area contributed by atoms with Gasteiger partial charge in [0.25, 0.3) is 0 Å². The Hall–Kier alpha value is -0.800. The van der Waals surface area contributed by atoms with Crippen molar-refractivity contribution >= 4 is 11.6 Å². The Balaban J connectivity index is 2.36. The van der Waals surface area contributed by atoms with Gasteiger partial charge in [-0.15, -0.1) is 11.6 Å². The van der Waals surface area contributed by atoms with Crippen molar-refractivity contribution in [2.75, 3.05) is 27.2 Å². The van der Waals surface area contributed by atoms with Crippen molar-refractivity contribution in [2.24, 2.45) is 0 Å². The first-order valence-corrected chi connectivity index (χ1v) is 5.04. The highest BCUT2D eigenvalue weighted by Gasteiger charge is 1.96. The van der Waals surface area contributed by atoms with Gasteiger partial charge in [-0.2, -0.15) is 0 Å². The molecule has 78 valence electrons. The highest BCUT2D eigenvalue weighted by atomic mass is 35.5. The monoisotopic (exact) mass is 214 g/mol. The summed E-state index contributed by atoms with van der Waals surface area (Å²) in [6, 6.07) is 3.76. The van der Waals surface area contributed by atoms with Crippen molar-refractivity contribution in [1.29, 1.82) is 0 Å². The van der Waals surface area contributed by atoms with E-state index in [0.717, 1.165) is 12.1 Å². The molecular weight excluding hydrogens is 200 g/mol. The summed E-state index contributed by atoms with van der Waals surface area (Å²) in [4.78, 5) is 6.18. The van der Waals surface area contributed by atoms with Crippen LogP contribution in [-0.4, -0.2) is 37.1 Å². The number of alkyl halides is 1. The van der Waals surface area contributed by atoms with Crippen molar-refractivity contribution < 1.29 is 4.74 Å². The zero-order valence-electron chi connectivity index (χ0n) is 8.53. The van der Waals surface area contributed by atoms with Crippen LogP contribution in [0, 0.1) is 0 Å². The third-order valence-corrected chi connectivity index (χ3v) is 2.05. The molecule has 0 radical (unpaired) electrons. The average molecular weight is 215 g/mol. The fourth-order valence-corrected chi connectivity index (χ4v) is 1.07. The van der Waals surface area contributed by atoms with Gasteiger partial charge < -0.3 is 9.64 Å². The Morgan fingerprint density at radius 1 is 1.43 bits per heavy atom. The fraction of sp³-hybridized carbons (Fsp3) is 0.500. The normalized spacial score (nSPS) is 10.6. The maximum Gasteiger partial charge on any atom is 0.213 e. The Bertz CT molecular complexity index is 261. The lowest BCUT2D eigenvalue weighted by Gasteiger charge is -2.10. The zero-order valence-corrected chi connectivity index (χ0v) is 9.29. The maximum atomic E-state index is 5.64. The molecule has 0 amide bonds. The molecule has 0 aliphatic carbocycles. The summed E-state index contributed by atoms with van der Waals surface area (Å²) in [5, 5.41) is 0. The fourth-order valence-electron chi connectivity index (χ4n) is 0.908. The Morgan fingerprint density at radius 3 is 2.71 bits per heavy atom. The van der Waals surface area contributed by atoms with Gasteiger partial charge in [-0.1, -0.05) is 6.07 Å². The van der Waals surface area contributed by atoms with E-state index < -0.39 is 0 Å². The molecule has 0 saturated carbocycles. The van der Waals surface area contributed by atoms with Crippen LogP contribution in [0.5, 0.6) is 5.88 Å². The summed E-state index contributed by atoms with van der Waals surface area (Å²) < 4.78 is 5.42. The lowest BCUT2D eigenvalue weighted by Crippen LogP contribution is -2.19. The topological polar surface area (TPSA) is 25.4 Å². The molecule has 0 fully saturated rings. The van der Waals surface area contributed by atoms with Gasteiger partial charge >= 0.3 is 0 Å². The molecule has 0 bridgehead atoms. The number of likely N-dealkylation sites (N-methyl/N-ethyl adjacent to an activating group) is 1. The second-order valence-electron chi connectivity index (χ2n) is 3.29. The smallest absolute Gasteiger partial charge is 0.213 e. The van der Waals surface area contributed by atoms with Gasteiger partial charge in [0, 0.05) is 24.7 Å². The van der Waals surface area contributed by atoms with Gasteiger partial charge in [-0.3, -0.25) is 0 Å². The zero-order chi connectivity index (χ0) is 10.4. The largest absolute Gasteiger partial charge is 0.476 e. The maximum absolute atomic E-state index is 5.64. The van der Waals surface area contributed by atoms with E-state index in [-0.39, 0.29) is 0 Å². The standard InChI is InChI=1S/C10H15ClN2O/c1-13(2)5-6-14-10-4-3-9(7-11)8-12-10/h3-4,8H,5-7H2,1-2H3. The SMILES string of the molecule is CN(C)CCOc1ccc(CCl)cn1. The second-order valence-corrected chi connectivity index (χ2v) is 3.56. The number of aromatic nitrogens is 1. The number of halogens is 1. The minimum absolute atomic E-state index is 0.491. The van der Waals surface area contributed by atoms with Crippen LogP contribution in [0.1, 0.15) is 5.56 Å². The molecule has 1 rings (SSSR count). The Labute approximate surface area is 89.7 Å². The Morgan fingerprint density at radius 2 is 2.21 bits per heavy atom. The first-order valence-electron chi connectivity index (χ1n) is 4.51. The molecule has 3 nitrogen and oxygen atoms in total. The van der Waals surface area contributed by atoms with E-state index in [1.54, 1.807) is 6.20 Å². The van der Waals surface area contributed by atoms with E-state index in [0.29, 0.717) is 18.4 Å². The minimum atomic E-state index is 0.491. The summed E-state index contributed by atoms with van der Waals surface area (Å²) in [5.74, 6) is 1.14. The molecule has 1 aromatic heterocycles. The van der Waals surface area contributed by atoms with E-state index >= 15 is 0 Å². The molecule has 14 heavy (non-hydrogen) atoms. The molecule has 0 atom stereocenters. The number of hydrogen-bond acceptors (Lipinski definition) is 3.